The van der Waals surface area contributed by atoms with E-state index in [0.29, 0.717) is 18.8 Å². The number of aryl methyl sites for hydroxylation is 1. The Labute approximate surface area is 151 Å². The van der Waals surface area contributed by atoms with Crippen molar-refractivity contribution in [3.8, 4) is 11.4 Å². The summed E-state index contributed by atoms with van der Waals surface area (Å²) in [6.45, 7) is 4.63. The Morgan fingerprint density at radius 1 is 1.04 bits per heavy atom. The second-order valence-corrected chi connectivity index (χ2v) is 6.27. The lowest BCUT2D eigenvalue weighted by Gasteiger charge is -2.35. The van der Waals surface area contributed by atoms with Crippen molar-refractivity contribution in [1.29, 1.82) is 0 Å². The number of aromatic amines is 1. The molecule has 4 rings (SSSR count). The van der Waals surface area contributed by atoms with E-state index in [9.17, 15) is 4.79 Å². The molecule has 2 aromatic heterocycles. The van der Waals surface area contributed by atoms with Crippen LogP contribution in [-0.4, -0.2) is 56.9 Å². The molecule has 0 atom stereocenters. The number of imidazole rings is 1. The number of piperazine rings is 1. The minimum atomic E-state index is -0.00193. The molecule has 26 heavy (non-hydrogen) atoms. The monoisotopic (exact) mass is 348 g/mol. The quantitative estimate of drug-likeness (QED) is 0.785. The fraction of sp³-hybridized carbons (Fsp3) is 0.263. The SMILES string of the molecule is Cc1ncc(C(=O)N2CCN(c3ccnc(-c4ccccc4)n3)CC2)[nH]1. The molecular weight excluding hydrogens is 328 g/mol. The van der Waals surface area contributed by atoms with Crippen molar-refractivity contribution >= 4 is 11.7 Å². The number of carbonyl (C=O) groups excluding carboxylic acids is 1. The van der Waals surface area contributed by atoms with Gasteiger partial charge in [-0.25, -0.2) is 15.0 Å². The lowest BCUT2D eigenvalue weighted by molar-refractivity contribution is 0.0741. The van der Waals surface area contributed by atoms with Crippen LogP contribution >= 0.6 is 0 Å². The zero-order valence-corrected chi connectivity index (χ0v) is 14.6. The van der Waals surface area contributed by atoms with Crippen LogP contribution in [0.4, 0.5) is 5.82 Å². The van der Waals surface area contributed by atoms with Gasteiger partial charge in [-0.2, -0.15) is 0 Å². The minimum Gasteiger partial charge on any atom is -0.353 e. The number of hydrogen-bond donors (Lipinski definition) is 1. The highest BCUT2D eigenvalue weighted by molar-refractivity contribution is 5.92. The summed E-state index contributed by atoms with van der Waals surface area (Å²) < 4.78 is 0. The Hall–Kier alpha value is -3.22. The number of carbonyl (C=O) groups is 1. The number of nitrogens with zero attached hydrogens (tertiary/aromatic N) is 5. The molecular formula is C19H20N6O. The standard InChI is InChI=1S/C19H20N6O/c1-14-21-13-16(22-14)19(26)25-11-9-24(10-12-25)17-7-8-20-18(23-17)15-5-3-2-4-6-15/h2-8,13H,9-12H2,1H3,(H,21,22). The molecule has 0 bridgehead atoms. The van der Waals surface area contributed by atoms with Crippen LogP contribution in [0.5, 0.6) is 0 Å². The van der Waals surface area contributed by atoms with E-state index in [1.54, 1.807) is 12.4 Å². The number of nitrogens with one attached hydrogen (secondary N) is 1. The summed E-state index contributed by atoms with van der Waals surface area (Å²) in [6.07, 6.45) is 3.39. The first-order chi connectivity index (χ1) is 12.7. The van der Waals surface area contributed by atoms with Crippen LogP contribution in [0.1, 0.15) is 16.3 Å². The summed E-state index contributed by atoms with van der Waals surface area (Å²) >= 11 is 0. The van der Waals surface area contributed by atoms with E-state index in [1.807, 2.05) is 48.2 Å². The number of amides is 1. The van der Waals surface area contributed by atoms with Gasteiger partial charge in [-0.05, 0) is 13.0 Å². The molecule has 0 spiro atoms. The normalized spacial score (nSPS) is 14.5. The third-order valence-electron chi connectivity index (χ3n) is 4.50. The van der Waals surface area contributed by atoms with Crippen molar-refractivity contribution in [3.63, 3.8) is 0 Å². The Kier molecular flexibility index (Phi) is 4.35. The maximum Gasteiger partial charge on any atom is 0.272 e. The van der Waals surface area contributed by atoms with E-state index in [2.05, 4.69) is 19.9 Å². The zero-order valence-electron chi connectivity index (χ0n) is 14.6. The summed E-state index contributed by atoms with van der Waals surface area (Å²) in [5.74, 6) is 2.36. The van der Waals surface area contributed by atoms with E-state index in [0.717, 1.165) is 36.1 Å². The first-order valence-electron chi connectivity index (χ1n) is 8.65. The number of rotatable bonds is 3. The molecule has 1 fully saturated rings. The number of H-pyrrole nitrogens is 1. The van der Waals surface area contributed by atoms with Gasteiger partial charge in [0, 0.05) is 37.9 Å². The van der Waals surface area contributed by atoms with E-state index in [-0.39, 0.29) is 5.91 Å². The van der Waals surface area contributed by atoms with Crippen molar-refractivity contribution < 1.29 is 4.79 Å². The third-order valence-corrected chi connectivity index (χ3v) is 4.50. The molecule has 132 valence electrons. The molecule has 3 aromatic rings. The van der Waals surface area contributed by atoms with Gasteiger partial charge in [0.25, 0.3) is 5.91 Å². The van der Waals surface area contributed by atoms with Gasteiger partial charge in [0.05, 0.1) is 6.20 Å². The summed E-state index contributed by atoms with van der Waals surface area (Å²) in [4.78, 5) is 32.7. The molecule has 0 saturated carbocycles. The first kappa shape index (κ1) is 16.3. The maximum absolute atomic E-state index is 12.5. The summed E-state index contributed by atoms with van der Waals surface area (Å²) in [5.41, 5.74) is 1.54. The van der Waals surface area contributed by atoms with Crippen LogP contribution in [0.25, 0.3) is 11.4 Å². The molecule has 1 aliphatic rings. The third kappa shape index (κ3) is 3.28. The summed E-state index contributed by atoms with van der Waals surface area (Å²) in [6, 6.07) is 11.9. The van der Waals surface area contributed by atoms with Gasteiger partial charge in [-0.1, -0.05) is 30.3 Å². The minimum absolute atomic E-state index is 0.00193. The van der Waals surface area contributed by atoms with Gasteiger partial charge in [-0.15, -0.1) is 0 Å². The molecule has 0 radical (unpaired) electrons. The largest absolute Gasteiger partial charge is 0.353 e. The van der Waals surface area contributed by atoms with E-state index < -0.39 is 0 Å². The summed E-state index contributed by atoms with van der Waals surface area (Å²) in [5, 5.41) is 0. The molecule has 1 N–H and O–H groups in total. The predicted molar refractivity (Wildman–Crippen MR) is 98.9 cm³/mol. The van der Waals surface area contributed by atoms with Gasteiger partial charge in [0.1, 0.15) is 17.3 Å². The number of aromatic nitrogens is 4. The van der Waals surface area contributed by atoms with Gasteiger partial charge in [0.15, 0.2) is 5.82 Å². The number of hydrogen-bond acceptors (Lipinski definition) is 5. The summed E-state index contributed by atoms with van der Waals surface area (Å²) in [7, 11) is 0. The Bertz CT molecular complexity index is 899. The highest BCUT2D eigenvalue weighted by Gasteiger charge is 2.24. The average Bonchev–Trinajstić information content (AvgIpc) is 3.15. The first-order valence-corrected chi connectivity index (χ1v) is 8.65. The van der Waals surface area contributed by atoms with Crippen molar-refractivity contribution in [3.05, 3.63) is 60.3 Å². The molecule has 1 amide bonds. The second-order valence-electron chi connectivity index (χ2n) is 6.27. The molecule has 0 unspecified atom stereocenters. The molecule has 1 aromatic carbocycles. The molecule has 7 nitrogen and oxygen atoms in total. The molecule has 1 saturated heterocycles. The van der Waals surface area contributed by atoms with E-state index in [4.69, 9.17) is 4.98 Å². The van der Waals surface area contributed by atoms with Crippen molar-refractivity contribution in [2.45, 2.75) is 6.92 Å². The molecule has 3 heterocycles. The molecule has 7 heteroatoms. The van der Waals surface area contributed by atoms with Crippen molar-refractivity contribution in [2.75, 3.05) is 31.1 Å². The van der Waals surface area contributed by atoms with Crippen LogP contribution in [0.15, 0.2) is 48.8 Å². The van der Waals surface area contributed by atoms with E-state index in [1.165, 1.54) is 0 Å². The highest BCUT2D eigenvalue weighted by atomic mass is 16.2. The molecule has 0 aliphatic carbocycles. The number of benzene rings is 1. The fourth-order valence-electron chi connectivity index (χ4n) is 3.09. The Balaban J connectivity index is 1.44. The Morgan fingerprint density at radius 2 is 1.81 bits per heavy atom. The van der Waals surface area contributed by atoms with Gasteiger partial charge >= 0.3 is 0 Å². The average molecular weight is 348 g/mol. The smallest absolute Gasteiger partial charge is 0.272 e. The van der Waals surface area contributed by atoms with Crippen molar-refractivity contribution in [2.24, 2.45) is 0 Å². The predicted octanol–water partition coefficient (Wildman–Crippen LogP) is 2.14. The van der Waals surface area contributed by atoms with Gasteiger partial charge < -0.3 is 14.8 Å². The topological polar surface area (TPSA) is 78.0 Å². The molecule has 1 aliphatic heterocycles. The fourth-order valence-corrected chi connectivity index (χ4v) is 3.09. The lowest BCUT2D eigenvalue weighted by atomic mass is 10.2. The van der Waals surface area contributed by atoms with Crippen LogP contribution in [0.2, 0.25) is 0 Å². The van der Waals surface area contributed by atoms with Crippen LogP contribution < -0.4 is 4.90 Å². The van der Waals surface area contributed by atoms with Gasteiger partial charge in [0.2, 0.25) is 0 Å². The second kappa shape index (κ2) is 6.95. The van der Waals surface area contributed by atoms with Crippen LogP contribution in [0.3, 0.4) is 0 Å². The maximum atomic E-state index is 12.5. The zero-order chi connectivity index (χ0) is 17.9. The van der Waals surface area contributed by atoms with Crippen LogP contribution in [-0.2, 0) is 0 Å². The highest BCUT2D eigenvalue weighted by Crippen LogP contribution is 2.19. The number of anilines is 1. The van der Waals surface area contributed by atoms with Crippen LogP contribution in [0, 0.1) is 6.92 Å². The Morgan fingerprint density at radius 3 is 2.50 bits per heavy atom. The lowest BCUT2D eigenvalue weighted by Crippen LogP contribution is -2.49. The van der Waals surface area contributed by atoms with E-state index >= 15 is 0 Å². The van der Waals surface area contributed by atoms with Gasteiger partial charge in [-0.3, -0.25) is 4.79 Å². The van der Waals surface area contributed by atoms with Crippen molar-refractivity contribution in [1.82, 2.24) is 24.8 Å².